The van der Waals surface area contributed by atoms with E-state index in [2.05, 4.69) is 20.7 Å². The number of hydrogen-bond donors (Lipinski definition) is 1. The Hall–Kier alpha value is -0.560. The van der Waals surface area contributed by atoms with Crippen LogP contribution in [-0.2, 0) is 10.0 Å². The number of sulfonamides is 1. The Balaban J connectivity index is 2.39. The zero-order valence-electron chi connectivity index (χ0n) is 10.2. The molecule has 1 N–H and O–H groups in total. The van der Waals surface area contributed by atoms with Crippen LogP contribution in [-0.4, -0.2) is 8.42 Å². The van der Waals surface area contributed by atoms with Crippen molar-refractivity contribution in [3.63, 3.8) is 0 Å². The molecule has 0 radical (unpaired) electrons. The number of rotatable bonds is 3. The molecule has 0 spiro atoms. The van der Waals surface area contributed by atoms with E-state index in [1.807, 2.05) is 6.92 Å². The van der Waals surface area contributed by atoms with E-state index in [1.165, 1.54) is 11.3 Å². The summed E-state index contributed by atoms with van der Waals surface area (Å²) in [6.07, 6.45) is 0. The Bertz CT molecular complexity index is 725. The maximum absolute atomic E-state index is 12.3. The lowest BCUT2D eigenvalue weighted by Gasteiger charge is -2.09. The third-order valence-corrected chi connectivity index (χ3v) is 5.99. The van der Waals surface area contributed by atoms with Gasteiger partial charge in [-0.1, -0.05) is 17.7 Å². The minimum Gasteiger partial charge on any atom is -0.278 e. The van der Waals surface area contributed by atoms with E-state index in [0.29, 0.717) is 10.7 Å². The molecule has 0 amide bonds. The first-order valence-corrected chi connectivity index (χ1v) is 8.81. The smallest absolute Gasteiger partial charge is 0.263 e. The summed E-state index contributed by atoms with van der Waals surface area (Å²) in [5, 5.41) is 0.385. The third-order valence-electron chi connectivity index (χ3n) is 2.50. The third kappa shape index (κ3) is 3.31. The van der Waals surface area contributed by atoms with Crippen molar-refractivity contribution in [1.29, 1.82) is 0 Å². The summed E-state index contributed by atoms with van der Waals surface area (Å²) in [4.78, 5) is 0.989. The van der Waals surface area contributed by atoms with E-state index in [1.54, 1.807) is 31.2 Å². The van der Waals surface area contributed by atoms with E-state index >= 15 is 0 Å². The lowest BCUT2D eigenvalue weighted by Crippen LogP contribution is -2.13. The summed E-state index contributed by atoms with van der Waals surface area (Å²) in [6, 6.07) is 6.77. The molecule has 2 aromatic rings. The van der Waals surface area contributed by atoms with Crippen molar-refractivity contribution < 1.29 is 8.42 Å². The molecule has 0 aliphatic carbocycles. The van der Waals surface area contributed by atoms with Crippen LogP contribution in [0.1, 0.15) is 10.4 Å². The van der Waals surface area contributed by atoms with Gasteiger partial charge in [-0.05, 0) is 53.5 Å². The maximum atomic E-state index is 12.3. The zero-order valence-corrected chi connectivity index (χ0v) is 14.2. The van der Waals surface area contributed by atoms with Crippen LogP contribution >= 0.6 is 38.9 Å². The molecule has 0 fully saturated rings. The predicted octanol–water partition coefficient (Wildman–Crippen LogP) is 4.58. The fourth-order valence-electron chi connectivity index (χ4n) is 1.60. The number of aryl methyl sites for hydroxylation is 2. The van der Waals surface area contributed by atoms with Crippen LogP contribution in [0, 0.1) is 13.8 Å². The highest BCUT2D eigenvalue weighted by Gasteiger charge is 2.20. The zero-order chi connectivity index (χ0) is 14.2. The van der Waals surface area contributed by atoms with Gasteiger partial charge in [0, 0.05) is 4.88 Å². The number of anilines is 1. The number of thiophene rings is 1. The van der Waals surface area contributed by atoms with Gasteiger partial charge in [0.2, 0.25) is 0 Å². The predicted molar refractivity (Wildman–Crippen MR) is 83.8 cm³/mol. The fourth-order valence-corrected chi connectivity index (χ4v) is 5.43. The van der Waals surface area contributed by atoms with Crippen molar-refractivity contribution >= 4 is 54.6 Å². The molecule has 3 nitrogen and oxygen atoms in total. The average Bonchev–Trinajstić information content (AvgIpc) is 2.63. The Morgan fingerprint density at radius 1 is 1.26 bits per heavy atom. The number of benzene rings is 1. The van der Waals surface area contributed by atoms with Crippen molar-refractivity contribution in [2.45, 2.75) is 18.7 Å². The lowest BCUT2D eigenvalue weighted by molar-refractivity contribution is 0.601. The molecule has 0 bridgehead atoms. The molecular weight excluding hydrogens is 370 g/mol. The molecule has 0 aliphatic heterocycles. The maximum Gasteiger partial charge on any atom is 0.263 e. The highest BCUT2D eigenvalue weighted by molar-refractivity contribution is 9.11. The molecule has 0 unspecified atom stereocenters. The minimum absolute atomic E-state index is 0.265. The van der Waals surface area contributed by atoms with Crippen molar-refractivity contribution in [2.24, 2.45) is 0 Å². The van der Waals surface area contributed by atoms with Crippen molar-refractivity contribution in [1.82, 2.24) is 0 Å². The second-order valence-corrected chi connectivity index (χ2v) is 8.75. The van der Waals surface area contributed by atoms with Crippen LogP contribution in [0.4, 0.5) is 5.69 Å². The molecule has 0 saturated carbocycles. The summed E-state index contributed by atoms with van der Waals surface area (Å²) in [5.41, 5.74) is 1.36. The molecule has 1 aromatic heterocycles. The molecule has 1 heterocycles. The standard InChI is InChI=1S/C12H11BrClNO2S2/c1-7-3-4-10(9(14)5-7)15-19(16,17)11-6-12(13)18-8(11)2/h3-6,15H,1-2H3. The first-order valence-electron chi connectivity index (χ1n) is 5.34. The van der Waals surface area contributed by atoms with Crippen LogP contribution in [0.2, 0.25) is 5.02 Å². The Labute approximate surface area is 129 Å². The molecule has 1 aromatic carbocycles. The van der Waals surface area contributed by atoms with Gasteiger partial charge in [0.25, 0.3) is 10.0 Å². The highest BCUT2D eigenvalue weighted by atomic mass is 79.9. The Morgan fingerprint density at radius 3 is 2.47 bits per heavy atom. The monoisotopic (exact) mass is 379 g/mol. The van der Waals surface area contributed by atoms with Gasteiger partial charge >= 0.3 is 0 Å². The minimum atomic E-state index is -3.61. The van der Waals surface area contributed by atoms with E-state index in [0.717, 1.165) is 14.2 Å². The molecule has 7 heteroatoms. The van der Waals surface area contributed by atoms with Crippen LogP contribution in [0.25, 0.3) is 0 Å². The number of halogens is 2. The van der Waals surface area contributed by atoms with Gasteiger partial charge in [-0.15, -0.1) is 11.3 Å². The highest BCUT2D eigenvalue weighted by Crippen LogP contribution is 2.32. The first kappa shape index (κ1) is 14.8. The van der Waals surface area contributed by atoms with Gasteiger partial charge in [-0.2, -0.15) is 0 Å². The van der Waals surface area contributed by atoms with E-state index in [9.17, 15) is 8.42 Å². The molecule has 102 valence electrons. The second-order valence-electron chi connectivity index (χ2n) is 4.06. The normalized spacial score (nSPS) is 11.6. The number of hydrogen-bond acceptors (Lipinski definition) is 3. The van der Waals surface area contributed by atoms with Crippen LogP contribution in [0.15, 0.2) is 32.9 Å². The van der Waals surface area contributed by atoms with Crippen LogP contribution < -0.4 is 4.72 Å². The molecule has 2 rings (SSSR count). The van der Waals surface area contributed by atoms with Crippen LogP contribution in [0.3, 0.4) is 0 Å². The van der Waals surface area contributed by atoms with Crippen molar-refractivity contribution in [2.75, 3.05) is 4.72 Å². The van der Waals surface area contributed by atoms with Gasteiger partial charge in [0.1, 0.15) is 4.90 Å². The fraction of sp³-hybridized carbons (Fsp3) is 0.167. The van der Waals surface area contributed by atoms with E-state index < -0.39 is 10.0 Å². The van der Waals surface area contributed by atoms with Crippen molar-refractivity contribution in [3.8, 4) is 0 Å². The Kier molecular flexibility index (Phi) is 4.25. The van der Waals surface area contributed by atoms with Gasteiger partial charge in [-0.3, -0.25) is 4.72 Å². The van der Waals surface area contributed by atoms with Crippen molar-refractivity contribution in [3.05, 3.63) is 43.5 Å². The number of nitrogens with one attached hydrogen (secondary N) is 1. The van der Waals surface area contributed by atoms with E-state index in [4.69, 9.17) is 11.6 Å². The molecule has 0 aliphatic rings. The lowest BCUT2D eigenvalue weighted by atomic mass is 10.2. The quantitative estimate of drug-likeness (QED) is 0.847. The summed E-state index contributed by atoms with van der Waals surface area (Å²) < 4.78 is 27.9. The molecule has 0 saturated heterocycles. The van der Waals surface area contributed by atoms with E-state index in [-0.39, 0.29) is 4.90 Å². The summed E-state index contributed by atoms with van der Waals surface area (Å²) >= 11 is 10.7. The first-order chi connectivity index (χ1) is 8.79. The molecular formula is C12H11BrClNO2S2. The SMILES string of the molecule is Cc1ccc(NS(=O)(=O)c2cc(Br)sc2C)c(Cl)c1. The summed E-state index contributed by atoms with van der Waals surface area (Å²) in [6.45, 7) is 3.66. The summed E-state index contributed by atoms with van der Waals surface area (Å²) in [7, 11) is -3.61. The second kappa shape index (κ2) is 5.44. The summed E-state index contributed by atoms with van der Waals surface area (Å²) in [5.74, 6) is 0. The molecule has 19 heavy (non-hydrogen) atoms. The average molecular weight is 381 g/mol. The Morgan fingerprint density at radius 2 is 1.95 bits per heavy atom. The largest absolute Gasteiger partial charge is 0.278 e. The topological polar surface area (TPSA) is 46.2 Å². The van der Waals surface area contributed by atoms with Gasteiger partial charge in [-0.25, -0.2) is 8.42 Å². The van der Waals surface area contributed by atoms with Gasteiger partial charge < -0.3 is 0 Å². The molecule has 0 atom stereocenters. The van der Waals surface area contributed by atoms with Crippen LogP contribution in [0.5, 0.6) is 0 Å². The van der Waals surface area contributed by atoms with Gasteiger partial charge in [0.15, 0.2) is 0 Å². The van der Waals surface area contributed by atoms with Gasteiger partial charge in [0.05, 0.1) is 14.5 Å².